The van der Waals surface area contributed by atoms with Crippen molar-refractivity contribution in [2.45, 2.75) is 94.2 Å². The lowest BCUT2D eigenvalue weighted by molar-refractivity contribution is -0.142. The van der Waals surface area contributed by atoms with E-state index >= 15 is 0 Å². The first-order valence-electron chi connectivity index (χ1n) is 13.9. The number of carbonyl (C=O) groups excluding carboxylic acids is 3. The normalized spacial score (nSPS) is 28.1. The van der Waals surface area contributed by atoms with Gasteiger partial charge in [0.25, 0.3) is 5.91 Å². The van der Waals surface area contributed by atoms with Gasteiger partial charge in [-0.05, 0) is 50.4 Å². The first kappa shape index (κ1) is 31.6. The molecule has 2 unspecified atom stereocenters. The van der Waals surface area contributed by atoms with Crippen molar-refractivity contribution < 1.29 is 37.8 Å². The van der Waals surface area contributed by atoms with Gasteiger partial charge in [0.1, 0.15) is 17.6 Å². The monoisotopic (exact) mass is 582 g/mol. The average Bonchev–Trinajstić information content (AvgIpc) is 3.81. The van der Waals surface area contributed by atoms with Gasteiger partial charge in [-0.3, -0.25) is 19.1 Å². The largest absolute Gasteiger partial charge is 0.465 e. The van der Waals surface area contributed by atoms with Gasteiger partial charge in [0.2, 0.25) is 21.8 Å². The third-order valence-electron chi connectivity index (χ3n) is 8.22. The molecule has 3 rings (SSSR count). The van der Waals surface area contributed by atoms with Crippen LogP contribution in [0.3, 0.4) is 0 Å². The number of β-amino-alcohol motifs (C(OH)–C–C–N with tert-alkyl or cyclic N) is 1. The highest BCUT2D eigenvalue weighted by atomic mass is 32.2. The van der Waals surface area contributed by atoms with E-state index in [9.17, 15) is 37.8 Å². The predicted molar refractivity (Wildman–Crippen MR) is 147 cm³/mol. The van der Waals surface area contributed by atoms with Crippen LogP contribution in [0.5, 0.6) is 0 Å². The fourth-order valence-electron chi connectivity index (χ4n) is 5.59. The second kappa shape index (κ2) is 12.7. The molecule has 4 amide bonds. The van der Waals surface area contributed by atoms with E-state index in [4.69, 9.17) is 0 Å². The lowest BCUT2D eigenvalue weighted by atomic mass is 9.85. The Morgan fingerprint density at radius 2 is 1.88 bits per heavy atom. The molecule has 12 nitrogen and oxygen atoms in total. The van der Waals surface area contributed by atoms with Crippen LogP contribution in [0.15, 0.2) is 25.3 Å². The van der Waals surface area contributed by atoms with Crippen LogP contribution in [0, 0.1) is 17.8 Å². The van der Waals surface area contributed by atoms with Crippen LogP contribution in [0.2, 0.25) is 0 Å². The molecular weight excluding hydrogens is 540 g/mol. The minimum atomic E-state index is -3.86. The lowest BCUT2D eigenvalue weighted by Crippen LogP contribution is -2.59. The fourth-order valence-corrected chi connectivity index (χ4v) is 6.96. The number of aliphatic hydroxyl groups excluding tert-OH is 1. The zero-order valence-electron chi connectivity index (χ0n) is 23.2. The zero-order chi connectivity index (χ0) is 29.8. The molecule has 13 heteroatoms. The van der Waals surface area contributed by atoms with Crippen LogP contribution in [0.4, 0.5) is 4.79 Å². The van der Waals surface area contributed by atoms with Crippen LogP contribution in [-0.2, 0) is 24.4 Å². The molecule has 1 heterocycles. The maximum atomic E-state index is 13.8. The molecular formula is C27H42N4O8S. The predicted octanol–water partition coefficient (Wildman–Crippen LogP) is 1.27. The third kappa shape index (κ3) is 7.22. The van der Waals surface area contributed by atoms with Gasteiger partial charge in [-0.25, -0.2) is 13.2 Å². The topological polar surface area (TPSA) is 182 Å². The Balaban J connectivity index is 1.79. The maximum absolute atomic E-state index is 13.8. The summed E-state index contributed by atoms with van der Waals surface area (Å²) in [5, 5.41) is 24.3. The molecule has 5 N–H and O–H groups in total. The molecule has 1 saturated heterocycles. The minimum Gasteiger partial charge on any atom is -0.465 e. The summed E-state index contributed by atoms with van der Waals surface area (Å²) in [5.74, 6) is -2.90. The number of carboxylic acid groups (broad SMARTS) is 1. The van der Waals surface area contributed by atoms with Crippen molar-refractivity contribution in [3.05, 3.63) is 25.3 Å². The second-order valence-corrected chi connectivity index (χ2v) is 13.3. The van der Waals surface area contributed by atoms with E-state index < -0.39 is 68.7 Å². The summed E-state index contributed by atoms with van der Waals surface area (Å²) in [6.45, 7) is 11.1. The molecule has 2 aliphatic carbocycles. The van der Waals surface area contributed by atoms with Crippen molar-refractivity contribution >= 4 is 33.8 Å². The van der Waals surface area contributed by atoms with Crippen LogP contribution in [0.1, 0.15) is 65.2 Å². The average molecular weight is 583 g/mol. The number of likely N-dealkylation sites (tertiary alicyclic amines) is 1. The first-order valence-corrected chi connectivity index (χ1v) is 15.4. The molecule has 0 bridgehead atoms. The van der Waals surface area contributed by atoms with Gasteiger partial charge >= 0.3 is 6.09 Å². The Kier molecular flexibility index (Phi) is 10.0. The minimum absolute atomic E-state index is 0.110. The van der Waals surface area contributed by atoms with E-state index in [2.05, 4.69) is 28.5 Å². The number of amides is 4. The Labute approximate surface area is 235 Å². The summed E-state index contributed by atoms with van der Waals surface area (Å²) in [7, 11) is -3.86. The number of allylic oxidation sites excluding steroid dienone is 1. The standard InChI is InChI=1S/C27H42N4O8S/c1-5-8-9-16(4)12-17(6-2)22(28-26(36)37)24(34)31-15-19(32)13-21(31)23(33)29-27(14-18(27)7-3)25(35)30-40(38,39)20-10-11-20/h5,7,16-22,28,32H,1,3,6,8-15H2,2,4H3,(H,29,33)(H,30,35)(H,36,37)/t16?,17-,18-,19-,21?,22+,27-/m1/s1. The first-order chi connectivity index (χ1) is 18.8. The molecule has 0 spiro atoms. The molecule has 0 aromatic rings. The Hall–Kier alpha value is -2.93. The van der Waals surface area contributed by atoms with Crippen molar-refractivity contribution in [3.8, 4) is 0 Å². The molecule has 224 valence electrons. The van der Waals surface area contributed by atoms with Gasteiger partial charge in [0.05, 0.1) is 11.4 Å². The van der Waals surface area contributed by atoms with Gasteiger partial charge in [-0.1, -0.05) is 32.4 Å². The molecule has 40 heavy (non-hydrogen) atoms. The van der Waals surface area contributed by atoms with Crippen LogP contribution < -0.4 is 15.4 Å². The second-order valence-electron chi connectivity index (χ2n) is 11.4. The Bertz CT molecular complexity index is 1120. The van der Waals surface area contributed by atoms with Crippen molar-refractivity contribution in [2.75, 3.05) is 6.54 Å². The van der Waals surface area contributed by atoms with Gasteiger partial charge in [0, 0.05) is 18.9 Å². The lowest BCUT2D eigenvalue weighted by Gasteiger charge is -2.33. The van der Waals surface area contributed by atoms with E-state index in [1.807, 2.05) is 13.8 Å². The van der Waals surface area contributed by atoms with Crippen molar-refractivity contribution in [1.29, 1.82) is 0 Å². The Morgan fingerprint density at radius 1 is 1.20 bits per heavy atom. The summed E-state index contributed by atoms with van der Waals surface area (Å²) in [4.78, 5) is 53.1. The summed E-state index contributed by atoms with van der Waals surface area (Å²) in [6, 6.07) is -2.32. The van der Waals surface area contributed by atoms with E-state index in [0.717, 1.165) is 17.7 Å². The van der Waals surface area contributed by atoms with Crippen LogP contribution >= 0.6 is 0 Å². The molecule has 3 fully saturated rings. The van der Waals surface area contributed by atoms with Gasteiger partial charge in [-0.15, -0.1) is 13.2 Å². The highest BCUT2D eigenvalue weighted by molar-refractivity contribution is 7.91. The highest BCUT2D eigenvalue weighted by Crippen LogP contribution is 2.45. The zero-order valence-corrected chi connectivity index (χ0v) is 24.0. The van der Waals surface area contributed by atoms with Crippen molar-refractivity contribution in [1.82, 2.24) is 20.3 Å². The van der Waals surface area contributed by atoms with E-state index in [-0.39, 0.29) is 31.2 Å². The van der Waals surface area contributed by atoms with E-state index in [1.54, 1.807) is 6.08 Å². The van der Waals surface area contributed by atoms with Gasteiger partial charge < -0.3 is 25.7 Å². The number of nitrogens with zero attached hydrogens (tertiary/aromatic N) is 1. The number of sulfonamides is 1. The molecule has 3 aliphatic rings. The van der Waals surface area contributed by atoms with Gasteiger partial charge in [-0.2, -0.15) is 0 Å². The number of carbonyl (C=O) groups is 4. The highest BCUT2D eigenvalue weighted by Gasteiger charge is 2.62. The quantitative estimate of drug-likeness (QED) is 0.179. The Morgan fingerprint density at radius 3 is 2.40 bits per heavy atom. The fraction of sp³-hybridized carbons (Fsp3) is 0.704. The smallest absolute Gasteiger partial charge is 0.405 e. The number of hydrogen-bond acceptors (Lipinski definition) is 7. The number of hydrogen-bond donors (Lipinski definition) is 5. The maximum Gasteiger partial charge on any atom is 0.405 e. The number of rotatable bonds is 15. The van der Waals surface area contributed by atoms with Crippen LogP contribution in [0.25, 0.3) is 0 Å². The number of aliphatic hydroxyl groups is 1. The van der Waals surface area contributed by atoms with E-state index in [0.29, 0.717) is 25.7 Å². The summed E-state index contributed by atoms with van der Waals surface area (Å²) < 4.78 is 26.8. The summed E-state index contributed by atoms with van der Waals surface area (Å²) >= 11 is 0. The molecule has 0 radical (unpaired) electrons. The third-order valence-corrected chi connectivity index (χ3v) is 10.0. The van der Waals surface area contributed by atoms with E-state index in [1.165, 1.54) is 6.08 Å². The molecule has 7 atom stereocenters. The SMILES string of the molecule is C=CCCC(C)C[C@@H](CC)[C@H](NC(=O)O)C(=O)N1C[C@H](O)CC1C(=O)N[C@]1(C(=O)NS(=O)(=O)C2CC2)C[C@H]1C=C. The molecule has 2 saturated carbocycles. The molecule has 1 aliphatic heterocycles. The van der Waals surface area contributed by atoms with Crippen molar-refractivity contribution in [2.24, 2.45) is 17.8 Å². The van der Waals surface area contributed by atoms with Crippen LogP contribution in [-0.4, -0.2) is 82.9 Å². The molecule has 0 aromatic heterocycles. The van der Waals surface area contributed by atoms with Crippen molar-refractivity contribution in [3.63, 3.8) is 0 Å². The van der Waals surface area contributed by atoms with Gasteiger partial charge in [0.15, 0.2) is 0 Å². The summed E-state index contributed by atoms with van der Waals surface area (Å²) in [6.07, 6.45) is 4.47. The molecule has 0 aromatic carbocycles. The number of nitrogens with one attached hydrogen (secondary N) is 3. The summed E-state index contributed by atoms with van der Waals surface area (Å²) in [5.41, 5.74) is -1.53.